The Morgan fingerprint density at radius 3 is 2.66 bits per heavy atom. The summed E-state index contributed by atoms with van der Waals surface area (Å²) >= 11 is 0. The first-order chi connectivity index (χ1) is 14.2. The molecule has 3 aromatic rings. The average molecular weight is 392 g/mol. The van der Waals surface area contributed by atoms with Gasteiger partial charge in [-0.25, -0.2) is 9.97 Å². The number of hydrogen-bond acceptors (Lipinski definition) is 7. The molecule has 2 heterocycles. The molecule has 1 aromatic heterocycles. The lowest BCUT2D eigenvalue weighted by Crippen LogP contribution is -2.14. The minimum atomic E-state index is -0.330. The lowest BCUT2D eigenvalue weighted by Gasteiger charge is -2.08. The fraction of sp³-hybridized carbons (Fsp3) is 0.190. The predicted octanol–water partition coefficient (Wildman–Crippen LogP) is 3.47. The molecule has 1 amide bonds. The van der Waals surface area contributed by atoms with Gasteiger partial charge >= 0.3 is 0 Å². The van der Waals surface area contributed by atoms with E-state index in [1.807, 2.05) is 25.1 Å². The van der Waals surface area contributed by atoms with E-state index < -0.39 is 0 Å². The van der Waals surface area contributed by atoms with Gasteiger partial charge < -0.3 is 24.8 Å². The molecule has 0 saturated heterocycles. The number of aromatic nitrogens is 2. The molecule has 0 spiro atoms. The van der Waals surface area contributed by atoms with E-state index in [0.717, 1.165) is 22.8 Å². The first-order valence-corrected chi connectivity index (χ1v) is 9.20. The van der Waals surface area contributed by atoms with Gasteiger partial charge in [0, 0.05) is 12.2 Å². The Kier molecular flexibility index (Phi) is 5.42. The molecule has 148 valence electrons. The number of ether oxygens (including phenoxy) is 3. The molecule has 1 aliphatic heterocycles. The number of carbonyl (C=O) groups excluding carboxylic acids is 1. The van der Waals surface area contributed by atoms with Gasteiger partial charge in [0.2, 0.25) is 6.79 Å². The summed E-state index contributed by atoms with van der Waals surface area (Å²) in [4.78, 5) is 20.8. The molecule has 8 nitrogen and oxygen atoms in total. The maximum atomic E-state index is 12.3. The third kappa shape index (κ3) is 4.55. The Morgan fingerprint density at radius 1 is 1.07 bits per heavy atom. The van der Waals surface area contributed by atoms with Crippen LogP contribution in [-0.2, 0) is 6.54 Å². The van der Waals surface area contributed by atoms with Crippen molar-refractivity contribution in [1.82, 2.24) is 9.97 Å². The first kappa shape index (κ1) is 18.5. The molecule has 8 heteroatoms. The number of benzene rings is 2. The summed E-state index contributed by atoms with van der Waals surface area (Å²) in [5, 5.41) is 5.96. The van der Waals surface area contributed by atoms with E-state index >= 15 is 0 Å². The molecule has 0 aliphatic carbocycles. The lowest BCUT2D eigenvalue weighted by atomic mass is 10.2. The molecule has 0 radical (unpaired) electrons. The van der Waals surface area contributed by atoms with E-state index in [2.05, 4.69) is 20.6 Å². The van der Waals surface area contributed by atoms with Crippen LogP contribution in [0.2, 0.25) is 0 Å². The van der Waals surface area contributed by atoms with Crippen molar-refractivity contribution in [3.8, 4) is 17.2 Å². The first-order valence-electron chi connectivity index (χ1n) is 9.20. The van der Waals surface area contributed by atoms with E-state index in [0.29, 0.717) is 24.7 Å². The number of nitrogens with one attached hydrogen (secondary N) is 2. The van der Waals surface area contributed by atoms with Gasteiger partial charge in [0.15, 0.2) is 11.5 Å². The van der Waals surface area contributed by atoms with E-state index in [1.54, 1.807) is 24.3 Å². The SMILES string of the molecule is CCOc1ccc(NC(=O)c2cnc(NCc3ccc4c(c3)OCO4)cn2)cc1. The van der Waals surface area contributed by atoms with Crippen molar-refractivity contribution in [2.24, 2.45) is 0 Å². The van der Waals surface area contributed by atoms with Crippen LogP contribution in [0, 0.1) is 0 Å². The highest BCUT2D eigenvalue weighted by Crippen LogP contribution is 2.32. The van der Waals surface area contributed by atoms with E-state index in [-0.39, 0.29) is 18.4 Å². The highest BCUT2D eigenvalue weighted by atomic mass is 16.7. The standard InChI is InChI=1S/C21H20N4O4/c1-2-27-16-6-4-15(5-7-16)25-21(26)17-11-24-20(12-22-17)23-10-14-3-8-18-19(9-14)29-13-28-18/h3-9,11-12H,2,10,13H2,1H3,(H,23,24)(H,25,26). The third-order valence-electron chi connectivity index (χ3n) is 4.22. The monoisotopic (exact) mass is 392 g/mol. The molecule has 0 atom stereocenters. The summed E-state index contributed by atoms with van der Waals surface area (Å²) < 4.78 is 16.1. The van der Waals surface area contributed by atoms with Crippen LogP contribution in [0.25, 0.3) is 0 Å². The second-order valence-electron chi connectivity index (χ2n) is 6.24. The number of hydrogen-bond donors (Lipinski definition) is 2. The summed E-state index contributed by atoms with van der Waals surface area (Å²) in [5.41, 5.74) is 1.91. The zero-order valence-electron chi connectivity index (χ0n) is 15.8. The molecule has 4 rings (SSSR count). The molecule has 0 fully saturated rings. The zero-order valence-corrected chi connectivity index (χ0v) is 15.8. The Labute approximate surface area is 167 Å². The van der Waals surface area contributed by atoms with Gasteiger partial charge in [0.05, 0.1) is 19.0 Å². The number of rotatable bonds is 7. The van der Waals surface area contributed by atoms with Crippen LogP contribution < -0.4 is 24.8 Å². The second-order valence-corrected chi connectivity index (χ2v) is 6.24. The Balaban J connectivity index is 1.32. The van der Waals surface area contributed by atoms with Crippen LogP contribution in [0.1, 0.15) is 23.0 Å². The largest absolute Gasteiger partial charge is 0.494 e. The summed E-state index contributed by atoms with van der Waals surface area (Å²) in [6.07, 6.45) is 2.96. The topological polar surface area (TPSA) is 94.6 Å². The van der Waals surface area contributed by atoms with Gasteiger partial charge in [-0.3, -0.25) is 4.79 Å². The Hall–Kier alpha value is -3.81. The minimum absolute atomic E-state index is 0.229. The highest BCUT2D eigenvalue weighted by molar-refractivity contribution is 6.02. The molecule has 0 saturated carbocycles. The maximum absolute atomic E-state index is 12.3. The van der Waals surface area contributed by atoms with Gasteiger partial charge in [0.1, 0.15) is 17.3 Å². The summed E-state index contributed by atoms with van der Waals surface area (Å²) in [7, 11) is 0. The van der Waals surface area contributed by atoms with Crippen molar-refractivity contribution >= 4 is 17.4 Å². The number of nitrogens with zero attached hydrogens (tertiary/aromatic N) is 2. The lowest BCUT2D eigenvalue weighted by molar-refractivity contribution is 0.102. The van der Waals surface area contributed by atoms with Gasteiger partial charge in [0.25, 0.3) is 5.91 Å². The average Bonchev–Trinajstić information content (AvgIpc) is 3.22. The summed E-state index contributed by atoms with van der Waals surface area (Å²) in [6.45, 7) is 3.30. The molecular formula is C21H20N4O4. The Morgan fingerprint density at radius 2 is 1.90 bits per heavy atom. The van der Waals surface area contributed by atoms with Crippen LogP contribution in [0.3, 0.4) is 0 Å². The summed E-state index contributed by atoms with van der Waals surface area (Å²) in [5.74, 6) is 2.47. The molecule has 1 aliphatic rings. The van der Waals surface area contributed by atoms with Crippen molar-refractivity contribution in [2.75, 3.05) is 24.0 Å². The van der Waals surface area contributed by atoms with Crippen molar-refractivity contribution < 1.29 is 19.0 Å². The molecule has 2 N–H and O–H groups in total. The number of fused-ring (bicyclic) bond motifs is 1. The quantitative estimate of drug-likeness (QED) is 0.636. The molecular weight excluding hydrogens is 372 g/mol. The van der Waals surface area contributed by atoms with Gasteiger partial charge in [-0.15, -0.1) is 0 Å². The van der Waals surface area contributed by atoms with E-state index in [4.69, 9.17) is 14.2 Å². The van der Waals surface area contributed by atoms with Crippen LogP contribution in [0.15, 0.2) is 54.9 Å². The molecule has 0 unspecified atom stereocenters. The number of carbonyl (C=O) groups is 1. The van der Waals surface area contributed by atoms with Crippen molar-refractivity contribution in [2.45, 2.75) is 13.5 Å². The minimum Gasteiger partial charge on any atom is -0.494 e. The molecule has 2 aromatic carbocycles. The van der Waals surface area contributed by atoms with Crippen molar-refractivity contribution in [3.05, 3.63) is 66.1 Å². The van der Waals surface area contributed by atoms with E-state index in [9.17, 15) is 4.79 Å². The van der Waals surface area contributed by atoms with Crippen molar-refractivity contribution in [1.29, 1.82) is 0 Å². The maximum Gasteiger partial charge on any atom is 0.275 e. The third-order valence-corrected chi connectivity index (χ3v) is 4.22. The fourth-order valence-corrected chi connectivity index (χ4v) is 2.78. The van der Waals surface area contributed by atoms with Crippen LogP contribution >= 0.6 is 0 Å². The van der Waals surface area contributed by atoms with Gasteiger partial charge in [-0.05, 0) is 48.9 Å². The Bertz CT molecular complexity index is 991. The van der Waals surface area contributed by atoms with Crippen molar-refractivity contribution in [3.63, 3.8) is 0 Å². The molecule has 0 bridgehead atoms. The normalized spacial score (nSPS) is 11.8. The summed E-state index contributed by atoms with van der Waals surface area (Å²) in [6, 6.07) is 12.9. The van der Waals surface area contributed by atoms with Crippen LogP contribution in [0.5, 0.6) is 17.2 Å². The van der Waals surface area contributed by atoms with Crippen LogP contribution in [-0.4, -0.2) is 29.3 Å². The number of anilines is 2. The van der Waals surface area contributed by atoms with E-state index in [1.165, 1.54) is 12.4 Å². The van der Waals surface area contributed by atoms with Gasteiger partial charge in [-0.1, -0.05) is 6.07 Å². The van der Waals surface area contributed by atoms with Crippen LogP contribution in [0.4, 0.5) is 11.5 Å². The highest BCUT2D eigenvalue weighted by Gasteiger charge is 2.13. The fourth-order valence-electron chi connectivity index (χ4n) is 2.78. The predicted molar refractivity (Wildman–Crippen MR) is 107 cm³/mol. The molecule has 29 heavy (non-hydrogen) atoms. The van der Waals surface area contributed by atoms with Gasteiger partial charge in [-0.2, -0.15) is 0 Å². The number of amides is 1. The smallest absolute Gasteiger partial charge is 0.275 e. The zero-order chi connectivity index (χ0) is 20.1. The second kappa shape index (κ2) is 8.47.